The number of hydrogen-bond donors (Lipinski definition) is 0. The summed E-state index contributed by atoms with van der Waals surface area (Å²) in [7, 11) is 0. The molecule has 0 amide bonds. The summed E-state index contributed by atoms with van der Waals surface area (Å²) in [5, 5.41) is 6.50. The third-order valence-electron chi connectivity index (χ3n) is 0.450. The van der Waals surface area contributed by atoms with Crippen LogP contribution in [0.1, 0.15) is 27.7 Å². The van der Waals surface area contributed by atoms with Crippen LogP contribution in [0.5, 0.6) is 0 Å². The van der Waals surface area contributed by atoms with E-state index >= 15 is 0 Å². The van der Waals surface area contributed by atoms with E-state index in [4.69, 9.17) is 10.00 Å². The molecule has 0 fully saturated rings. The molecule has 3 nitrogen and oxygen atoms in total. The summed E-state index contributed by atoms with van der Waals surface area (Å²) in [5.74, 6) is -0.225. The highest BCUT2D eigenvalue weighted by Gasteiger charge is 2.11. The normalized spacial score (nSPS) is 9.00. The fourth-order valence-corrected chi connectivity index (χ4v) is 0.431. The Labute approximate surface area is 61.6 Å². The highest BCUT2D eigenvalue weighted by Crippen LogP contribution is 2.05. The van der Waals surface area contributed by atoms with E-state index in [9.17, 15) is 4.79 Å². The molecule has 0 heterocycles. The summed E-state index contributed by atoms with van der Waals surface area (Å²) in [4.78, 5) is 10.2. The second kappa shape index (κ2) is 4.80. The van der Waals surface area contributed by atoms with Gasteiger partial charge in [-0.15, -0.1) is 0 Å². The van der Waals surface area contributed by atoms with Gasteiger partial charge in [-0.1, -0.05) is 0 Å². The first-order valence-electron chi connectivity index (χ1n) is 2.87. The molecule has 0 aliphatic rings. The van der Waals surface area contributed by atoms with Gasteiger partial charge in [0.05, 0.1) is 0 Å². The molecule has 0 rings (SSSR count). The second-order valence-electron chi connectivity index (χ2n) is 2.71. The predicted octanol–water partition coefficient (Wildman–Crippen LogP) is 1.49. The Bertz CT molecular complexity index is 121. The number of rotatable bonds is 0. The van der Waals surface area contributed by atoms with Crippen LogP contribution in [0.2, 0.25) is 0 Å². The van der Waals surface area contributed by atoms with Crippen LogP contribution in [0.25, 0.3) is 0 Å². The number of esters is 1. The van der Waals surface area contributed by atoms with Crippen LogP contribution in [0.4, 0.5) is 0 Å². The Hall–Kier alpha value is -1.04. The van der Waals surface area contributed by atoms with Crippen LogP contribution in [-0.4, -0.2) is 11.6 Å². The third kappa shape index (κ3) is 15.8. The number of carbonyl (C=O) groups excluding carboxylic acids is 1. The number of ether oxygens (including phenoxy) is 1. The lowest BCUT2D eigenvalue weighted by Crippen LogP contribution is -2.21. The van der Waals surface area contributed by atoms with Crippen molar-refractivity contribution in [2.45, 2.75) is 33.3 Å². The van der Waals surface area contributed by atoms with Crippen molar-refractivity contribution in [2.75, 3.05) is 0 Å². The maximum atomic E-state index is 10.2. The first-order chi connectivity index (χ1) is 4.42. The Morgan fingerprint density at radius 2 is 1.70 bits per heavy atom. The van der Waals surface area contributed by atoms with Crippen LogP contribution in [-0.2, 0) is 9.53 Å². The molecule has 3 heteroatoms. The van der Waals surface area contributed by atoms with Crippen LogP contribution < -0.4 is 0 Å². The standard InChI is InChI=1S/C6H12O2.CHN/c1-5(7)8-6(2,3)4;1-2/h1-4H3;1H. The lowest BCUT2D eigenvalue weighted by molar-refractivity contribution is -0.151. The molecule has 0 aromatic rings. The predicted molar refractivity (Wildman–Crippen MR) is 38.2 cm³/mol. The molecule has 0 aromatic heterocycles. The van der Waals surface area contributed by atoms with Crippen LogP contribution >= 0.6 is 0 Å². The number of carbonyl (C=O) groups is 1. The van der Waals surface area contributed by atoms with E-state index in [1.54, 1.807) is 0 Å². The van der Waals surface area contributed by atoms with Gasteiger partial charge in [-0.05, 0) is 20.8 Å². The molecule has 0 aliphatic heterocycles. The van der Waals surface area contributed by atoms with Gasteiger partial charge in [0.25, 0.3) is 0 Å². The number of nitrogens with zero attached hydrogens (tertiary/aromatic N) is 1. The minimum absolute atomic E-state index is 0.225. The van der Waals surface area contributed by atoms with Gasteiger partial charge in [-0.3, -0.25) is 4.79 Å². The zero-order valence-electron chi connectivity index (χ0n) is 6.84. The maximum absolute atomic E-state index is 10.2. The summed E-state index contributed by atoms with van der Waals surface area (Å²) >= 11 is 0. The summed E-state index contributed by atoms with van der Waals surface area (Å²) in [6.45, 7) is 10.4. The van der Waals surface area contributed by atoms with Crippen molar-refractivity contribution < 1.29 is 9.53 Å². The fraction of sp³-hybridized carbons (Fsp3) is 0.714. The van der Waals surface area contributed by atoms with Crippen LogP contribution in [0.15, 0.2) is 0 Å². The number of hydrogen-bond acceptors (Lipinski definition) is 3. The van der Waals surface area contributed by atoms with Crippen molar-refractivity contribution in [3.63, 3.8) is 0 Å². The zero-order valence-corrected chi connectivity index (χ0v) is 6.84. The van der Waals surface area contributed by atoms with Gasteiger partial charge in [-0.2, -0.15) is 0 Å². The molecular formula is C7H13NO2. The van der Waals surface area contributed by atoms with E-state index in [0.29, 0.717) is 0 Å². The van der Waals surface area contributed by atoms with Crippen LogP contribution in [0, 0.1) is 11.8 Å². The first kappa shape index (κ1) is 11.7. The molecule has 0 aliphatic carbocycles. The van der Waals surface area contributed by atoms with Gasteiger partial charge in [0.1, 0.15) is 5.60 Å². The number of nitriles is 1. The van der Waals surface area contributed by atoms with Crippen molar-refractivity contribution in [1.82, 2.24) is 0 Å². The van der Waals surface area contributed by atoms with Crippen molar-refractivity contribution in [3.05, 3.63) is 0 Å². The Kier molecular flexibility index (Phi) is 5.63. The molecule has 0 radical (unpaired) electrons. The Balaban J connectivity index is 0. The first-order valence-corrected chi connectivity index (χ1v) is 2.87. The average molecular weight is 143 g/mol. The maximum Gasteiger partial charge on any atom is 0.303 e. The minimum atomic E-state index is -0.328. The highest BCUT2D eigenvalue weighted by molar-refractivity contribution is 5.66. The van der Waals surface area contributed by atoms with Crippen molar-refractivity contribution in [3.8, 4) is 6.57 Å². The van der Waals surface area contributed by atoms with Gasteiger partial charge >= 0.3 is 5.97 Å². The fourth-order valence-electron chi connectivity index (χ4n) is 0.431. The van der Waals surface area contributed by atoms with Gasteiger partial charge < -0.3 is 4.74 Å². The van der Waals surface area contributed by atoms with Gasteiger partial charge in [0, 0.05) is 13.5 Å². The molecule has 0 unspecified atom stereocenters. The monoisotopic (exact) mass is 143 g/mol. The lowest BCUT2D eigenvalue weighted by Gasteiger charge is -2.17. The summed E-state index contributed by atoms with van der Waals surface area (Å²) in [6, 6.07) is 0. The Morgan fingerprint density at radius 3 is 1.70 bits per heavy atom. The molecule has 0 bridgehead atoms. The lowest BCUT2D eigenvalue weighted by atomic mass is 10.2. The molecule has 10 heavy (non-hydrogen) atoms. The smallest absolute Gasteiger partial charge is 0.303 e. The molecule has 0 spiro atoms. The van der Waals surface area contributed by atoms with E-state index in [1.165, 1.54) is 6.92 Å². The summed E-state index contributed by atoms with van der Waals surface area (Å²) < 4.78 is 4.80. The van der Waals surface area contributed by atoms with E-state index in [0.717, 1.165) is 0 Å². The van der Waals surface area contributed by atoms with Crippen molar-refractivity contribution in [1.29, 1.82) is 5.26 Å². The quantitative estimate of drug-likeness (QED) is 0.483. The molecule has 0 N–H and O–H groups in total. The summed E-state index contributed by atoms with van der Waals surface area (Å²) in [5.41, 5.74) is -0.328. The molecule has 0 saturated carbocycles. The second-order valence-corrected chi connectivity index (χ2v) is 2.71. The molecule has 0 aromatic carbocycles. The average Bonchev–Trinajstić information content (AvgIpc) is 1.64. The van der Waals surface area contributed by atoms with Gasteiger partial charge in [-0.25, -0.2) is 5.26 Å². The molecular weight excluding hydrogens is 130 g/mol. The topological polar surface area (TPSA) is 50.1 Å². The van der Waals surface area contributed by atoms with E-state index in [2.05, 4.69) is 6.57 Å². The zero-order chi connectivity index (χ0) is 8.78. The molecule has 0 atom stereocenters. The van der Waals surface area contributed by atoms with E-state index in [-0.39, 0.29) is 11.6 Å². The highest BCUT2D eigenvalue weighted by atomic mass is 16.6. The van der Waals surface area contributed by atoms with E-state index in [1.807, 2.05) is 20.8 Å². The minimum Gasteiger partial charge on any atom is -0.460 e. The summed E-state index contributed by atoms with van der Waals surface area (Å²) in [6.07, 6.45) is 0. The molecule has 58 valence electrons. The molecule has 0 saturated heterocycles. The SMILES string of the molecule is C#N.CC(=O)OC(C)(C)C. The van der Waals surface area contributed by atoms with Gasteiger partial charge in [0.2, 0.25) is 0 Å². The third-order valence-corrected chi connectivity index (χ3v) is 0.450. The van der Waals surface area contributed by atoms with Crippen molar-refractivity contribution in [2.24, 2.45) is 0 Å². The Morgan fingerprint density at radius 1 is 1.40 bits per heavy atom. The van der Waals surface area contributed by atoms with Crippen LogP contribution in [0.3, 0.4) is 0 Å². The van der Waals surface area contributed by atoms with Gasteiger partial charge in [0.15, 0.2) is 0 Å². The van der Waals surface area contributed by atoms with Crippen molar-refractivity contribution >= 4 is 5.97 Å². The largest absolute Gasteiger partial charge is 0.460 e. The van der Waals surface area contributed by atoms with E-state index < -0.39 is 0 Å².